The number of benzene rings is 2. The number of hydrogen-bond donors (Lipinski definition) is 0. The molecule has 3 rings (SSSR count). The molecule has 2 aromatic carbocycles. The minimum atomic E-state index is -0.0877. The van der Waals surface area contributed by atoms with E-state index in [1.54, 1.807) is 42.5 Å². The largest absolute Gasteiger partial charge is 0.454 e. The summed E-state index contributed by atoms with van der Waals surface area (Å²) in [5.74, 6) is 0.772. The van der Waals surface area contributed by atoms with Gasteiger partial charge in [0.25, 0.3) is 0 Å². The summed E-state index contributed by atoms with van der Waals surface area (Å²) in [6, 6.07) is 13.7. The Morgan fingerprint density at radius 2 is 1.93 bits per heavy atom. The first-order valence-corrected chi connectivity index (χ1v) is 9.66. The first-order chi connectivity index (χ1) is 13.9. The van der Waals surface area contributed by atoms with Crippen LogP contribution in [0.25, 0.3) is 0 Å². The summed E-state index contributed by atoms with van der Waals surface area (Å²) < 4.78 is 5.73. The number of hydrogen-bond acceptors (Lipinski definition) is 4. The molecule has 146 valence electrons. The fraction of sp³-hybridized carbons (Fsp3) is 0.208. The van der Waals surface area contributed by atoms with E-state index >= 15 is 0 Å². The number of nitriles is 1. The Kier molecular flexibility index (Phi) is 6.31. The summed E-state index contributed by atoms with van der Waals surface area (Å²) in [5.41, 5.74) is 3.56. The summed E-state index contributed by atoms with van der Waals surface area (Å²) >= 11 is 6.30. The van der Waals surface area contributed by atoms with E-state index in [1.807, 2.05) is 19.9 Å². The highest BCUT2D eigenvalue weighted by Crippen LogP contribution is 2.32. The van der Waals surface area contributed by atoms with Crippen LogP contribution in [0, 0.1) is 11.3 Å². The van der Waals surface area contributed by atoms with E-state index in [4.69, 9.17) is 21.6 Å². The molecule has 0 amide bonds. The van der Waals surface area contributed by atoms with Crippen molar-refractivity contribution in [1.82, 2.24) is 0 Å². The van der Waals surface area contributed by atoms with E-state index in [0.29, 0.717) is 35.5 Å². The number of rotatable bonds is 6. The van der Waals surface area contributed by atoms with Gasteiger partial charge in [0, 0.05) is 18.4 Å². The first-order valence-electron chi connectivity index (χ1n) is 9.29. The maximum atomic E-state index is 12.6. The van der Waals surface area contributed by atoms with Crippen molar-refractivity contribution in [2.75, 3.05) is 0 Å². The van der Waals surface area contributed by atoms with Gasteiger partial charge in [-0.3, -0.25) is 9.59 Å². The van der Waals surface area contributed by atoms with Crippen LogP contribution in [0.4, 0.5) is 0 Å². The molecule has 0 N–H and O–H groups in total. The minimum Gasteiger partial charge on any atom is -0.454 e. The molecule has 0 fully saturated rings. The van der Waals surface area contributed by atoms with E-state index < -0.39 is 0 Å². The zero-order valence-electron chi connectivity index (χ0n) is 16.3. The number of carbonyl (C=O) groups excluding carboxylic acids is 2. The quantitative estimate of drug-likeness (QED) is 0.536. The van der Waals surface area contributed by atoms with Gasteiger partial charge in [-0.1, -0.05) is 35.4 Å². The molecule has 1 aliphatic rings. The lowest BCUT2D eigenvalue weighted by atomic mass is 9.89. The van der Waals surface area contributed by atoms with Crippen LogP contribution in [0.3, 0.4) is 0 Å². The maximum absolute atomic E-state index is 12.6. The molecular formula is C24H20ClNO3. The molecule has 0 saturated carbocycles. The van der Waals surface area contributed by atoms with Crippen molar-refractivity contribution in [3.63, 3.8) is 0 Å². The Morgan fingerprint density at radius 3 is 2.62 bits per heavy atom. The van der Waals surface area contributed by atoms with Gasteiger partial charge in [0.15, 0.2) is 11.6 Å². The standard InChI is InChI=1S/C24H20ClNO3/c1-15-11-16(2)19(22(28)12-15)8-9-21(27)17-7-10-24(20(25)13-17)29-23-6-4-3-5-18(23)14-26/h3-7,10-11,13H,8-9,12H2,1-2H3. The second-order valence-electron chi connectivity index (χ2n) is 7.03. The first kappa shape index (κ1) is 20.6. The van der Waals surface area contributed by atoms with Crippen LogP contribution in [0.5, 0.6) is 11.5 Å². The third kappa shape index (κ3) is 4.82. The lowest BCUT2D eigenvalue weighted by Gasteiger charge is -2.15. The Balaban J connectivity index is 1.71. The second kappa shape index (κ2) is 8.89. The molecule has 0 aliphatic heterocycles. The van der Waals surface area contributed by atoms with Crippen molar-refractivity contribution in [2.24, 2.45) is 0 Å². The molecular weight excluding hydrogens is 386 g/mol. The number of nitrogens with zero attached hydrogens (tertiary/aromatic N) is 1. The van der Waals surface area contributed by atoms with E-state index in [0.717, 1.165) is 16.7 Å². The number of carbonyl (C=O) groups is 2. The van der Waals surface area contributed by atoms with E-state index in [1.165, 1.54) is 0 Å². The predicted octanol–water partition coefficient (Wildman–Crippen LogP) is 6.20. The molecule has 2 aromatic rings. The van der Waals surface area contributed by atoms with Crippen LogP contribution in [0.15, 0.2) is 65.3 Å². The molecule has 1 aliphatic carbocycles. The third-order valence-electron chi connectivity index (χ3n) is 4.80. The molecule has 0 radical (unpaired) electrons. The molecule has 0 bridgehead atoms. The molecule has 0 heterocycles. The van der Waals surface area contributed by atoms with Crippen LogP contribution in [-0.4, -0.2) is 11.6 Å². The SMILES string of the molecule is CC1=CC(C)=C(CCC(=O)c2ccc(Oc3ccccc3C#N)c(Cl)c2)C(=O)C1. The number of para-hydroxylation sites is 1. The van der Waals surface area contributed by atoms with Crippen LogP contribution in [-0.2, 0) is 4.79 Å². The molecule has 5 heteroatoms. The number of Topliss-reactive ketones (excluding diaryl/α,β-unsaturated/α-hetero) is 2. The third-order valence-corrected chi connectivity index (χ3v) is 5.09. The summed E-state index contributed by atoms with van der Waals surface area (Å²) in [5, 5.41) is 9.45. The average Bonchev–Trinajstić information content (AvgIpc) is 2.68. The van der Waals surface area contributed by atoms with Crippen molar-refractivity contribution < 1.29 is 14.3 Å². The van der Waals surface area contributed by atoms with Gasteiger partial charge in [-0.05, 0) is 61.7 Å². The monoisotopic (exact) mass is 405 g/mol. The van der Waals surface area contributed by atoms with Gasteiger partial charge in [0.05, 0.1) is 10.6 Å². The smallest absolute Gasteiger partial charge is 0.163 e. The zero-order chi connectivity index (χ0) is 21.0. The Hall–Kier alpha value is -3.16. The van der Waals surface area contributed by atoms with Crippen LogP contribution in [0.1, 0.15) is 49.0 Å². The van der Waals surface area contributed by atoms with Gasteiger partial charge in [-0.15, -0.1) is 0 Å². The lowest BCUT2D eigenvalue weighted by molar-refractivity contribution is -0.115. The fourth-order valence-corrected chi connectivity index (χ4v) is 3.55. The van der Waals surface area contributed by atoms with Gasteiger partial charge in [-0.2, -0.15) is 5.26 Å². The van der Waals surface area contributed by atoms with Gasteiger partial charge < -0.3 is 4.74 Å². The van der Waals surface area contributed by atoms with Crippen molar-refractivity contribution >= 4 is 23.2 Å². The number of allylic oxidation sites excluding steroid dienone is 4. The molecule has 0 atom stereocenters. The van der Waals surface area contributed by atoms with Gasteiger partial charge in [0.2, 0.25) is 0 Å². The minimum absolute atomic E-state index is 0.0877. The number of halogens is 1. The Bertz CT molecular complexity index is 1090. The summed E-state index contributed by atoms with van der Waals surface area (Å²) in [7, 11) is 0. The Morgan fingerprint density at radius 1 is 1.17 bits per heavy atom. The van der Waals surface area contributed by atoms with Crippen LogP contribution in [0.2, 0.25) is 5.02 Å². The average molecular weight is 406 g/mol. The zero-order valence-corrected chi connectivity index (χ0v) is 17.0. The molecule has 0 spiro atoms. The van der Waals surface area contributed by atoms with E-state index in [2.05, 4.69) is 6.07 Å². The summed E-state index contributed by atoms with van der Waals surface area (Å²) in [4.78, 5) is 24.8. The maximum Gasteiger partial charge on any atom is 0.163 e. The molecule has 0 unspecified atom stereocenters. The van der Waals surface area contributed by atoms with Gasteiger partial charge in [0.1, 0.15) is 17.6 Å². The van der Waals surface area contributed by atoms with E-state index in [9.17, 15) is 9.59 Å². The second-order valence-corrected chi connectivity index (χ2v) is 7.44. The molecule has 0 saturated heterocycles. The van der Waals surface area contributed by atoms with Crippen LogP contribution < -0.4 is 4.74 Å². The lowest BCUT2D eigenvalue weighted by Crippen LogP contribution is -2.11. The topological polar surface area (TPSA) is 67.2 Å². The van der Waals surface area contributed by atoms with Crippen molar-refractivity contribution in [3.8, 4) is 17.6 Å². The molecule has 29 heavy (non-hydrogen) atoms. The molecule has 0 aromatic heterocycles. The molecule has 4 nitrogen and oxygen atoms in total. The summed E-state index contributed by atoms with van der Waals surface area (Å²) in [6.45, 7) is 3.84. The van der Waals surface area contributed by atoms with Gasteiger partial charge in [-0.25, -0.2) is 0 Å². The van der Waals surface area contributed by atoms with Crippen LogP contribution >= 0.6 is 11.6 Å². The van der Waals surface area contributed by atoms with Crippen molar-refractivity contribution in [3.05, 3.63) is 81.4 Å². The van der Waals surface area contributed by atoms with Gasteiger partial charge >= 0.3 is 0 Å². The van der Waals surface area contributed by atoms with E-state index in [-0.39, 0.29) is 23.0 Å². The summed E-state index contributed by atoms with van der Waals surface area (Å²) in [6.07, 6.45) is 3.07. The predicted molar refractivity (Wildman–Crippen MR) is 112 cm³/mol. The fourth-order valence-electron chi connectivity index (χ4n) is 3.33. The highest BCUT2D eigenvalue weighted by molar-refractivity contribution is 6.32. The normalized spacial score (nSPS) is 13.7. The Labute approximate surface area is 175 Å². The highest BCUT2D eigenvalue weighted by atomic mass is 35.5. The highest BCUT2D eigenvalue weighted by Gasteiger charge is 2.19. The van der Waals surface area contributed by atoms with Crippen molar-refractivity contribution in [2.45, 2.75) is 33.1 Å². The number of ketones is 2. The van der Waals surface area contributed by atoms with Crippen molar-refractivity contribution in [1.29, 1.82) is 5.26 Å². The number of ether oxygens (including phenoxy) is 1.